The molecule has 2 aliphatic heterocycles. The molecule has 1 atom stereocenters. The topological polar surface area (TPSA) is 92.1 Å². The molecule has 0 bridgehead atoms. The first-order chi connectivity index (χ1) is 19.9. The fraction of sp³-hybridized carbons (Fsp3) is 0.364. The van der Waals surface area contributed by atoms with Crippen LogP contribution >= 0.6 is 0 Å². The quantitative estimate of drug-likeness (QED) is 0.373. The average Bonchev–Trinajstić information content (AvgIpc) is 3.46. The molecule has 0 saturated carbocycles. The lowest BCUT2D eigenvalue weighted by molar-refractivity contribution is -0.140. The molecule has 1 fully saturated rings. The summed E-state index contributed by atoms with van der Waals surface area (Å²) in [5, 5.41) is 3.10. The van der Waals surface area contributed by atoms with E-state index >= 15 is 0 Å². The van der Waals surface area contributed by atoms with Crippen LogP contribution in [-0.2, 0) is 27.4 Å². The Labute approximate surface area is 241 Å². The Morgan fingerprint density at radius 3 is 2.32 bits per heavy atom. The maximum atomic E-state index is 13.3. The number of likely N-dealkylation sites (tertiary alicyclic amines) is 1. The average molecular weight is 556 g/mol. The molecule has 2 aromatic carbocycles. The van der Waals surface area contributed by atoms with E-state index in [1.54, 1.807) is 30.9 Å². The molecule has 0 radical (unpaired) electrons. The van der Waals surface area contributed by atoms with Gasteiger partial charge in [0.1, 0.15) is 5.76 Å². The lowest BCUT2D eigenvalue weighted by atomic mass is 9.83. The lowest BCUT2D eigenvalue weighted by Crippen LogP contribution is -2.44. The summed E-state index contributed by atoms with van der Waals surface area (Å²) in [5.41, 5.74) is 3.20. The van der Waals surface area contributed by atoms with Crippen molar-refractivity contribution >= 4 is 17.8 Å². The van der Waals surface area contributed by atoms with Gasteiger partial charge in [0.15, 0.2) is 5.76 Å². The second-order valence-electron chi connectivity index (χ2n) is 10.6. The third kappa shape index (κ3) is 6.77. The Morgan fingerprint density at radius 2 is 1.63 bits per heavy atom. The minimum Gasteiger partial charge on any atom is -0.463 e. The fourth-order valence-corrected chi connectivity index (χ4v) is 5.72. The van der Waals surface area contributed by atoms with Crippen LogP contribution in [0.2, 0.25) is 0 Å². The van der Waals surface area contributed by atoms with E-state index < -0.39 is 5.97 Å². The van der Waals surface area contributed by atoms with Crippen molar-refractivity contribution in [1.82, 2.24) is 15.1 Å². The van der Waals surface area contributed by atoms with Gasteiger partial charge in [-0.3, -0.25) is 14.5 Å². The van der Waals surface area contributed by atoms with Crippen LogP contribution in [0.1, 0.15) is 66.5 Å². The number of carbonyl (C=O) groups is 3. The maximum absolute atomic E-state index is 13.3. The van der Waals surface area contributed by atoms with Crippen molar-refractivity contribution in [2.24, 2.45) is 0 Å². The van der Waals surface area contributed by atoms with Gasteiger partial charge in [0.25, 0.3) is 5.91 Å². The van der Waals surface area contributed by atoms with Crippen molar-refractivity contribution in [3.05, 3.63) is 107 Å². The standard InChI is InChI=1S/C33H37N3O5/c1-3-40-33(39)31-23(2)36(30(37)20-28(31)25-12-8-5-9-13-25)22-27-14-15-29(41-27)32(38)34-26-16-18-35(19-17-26)21-24-10-6-4-7-11-24/h4-15,26,28H,3,16-22H2,1-2H3,(H,34,38). The summed E-state index contributed by atoms with van der Waals surface area (Å²) in [6, 6.07) is 23.4. The minimum absolute atomic E-state index is 0.0824. The van der Waals surface area contributed by atoms with E-state index in [0.29, 0.717) is 17.0 Å². The Morgan fingerprint density at radius 1 is 0.951 bits per heavy atom. The number of hydrogen-bond acceptors (Lipinski definition) is 6. The minimum atomic E-state index is -0.425. The molecule has 1 aromatic heterocycles. The van der Waals surface area contributed by atoms with Crippen LogP contribution in [0.5, 0.6) is 0 Å². The van der Waals surface area contributed by atoms with Gasteiger partial charge in [0.2, 0.25) is 5.91 Å². The summed E-state index contributed by atoms with van der Waals surface area (Å²) >= 11 is 0. The van der Waals surface area contributed by atoms with E-state index in [-0.39, 0.29) is 49.1 Å². The summed E-state index contributed by atoms with van der Waals surface area (Å²) < 4.78 is 11.3. The first-order valence-electron chi connectivity index (χ1n) is 14.3. The maximum Gasteiger partial charge on any atom is 0.336 e. The Balaban J connectivity index is 1.22. The largest absolute Gasteiger partial charge is 0.463 e. The van der Waals surface area contributed by atoms with Crippen LogP contribution in [0.25, 0.3) is 0 Å². The molecular formula is C33H37N3O5. The van der Waals surface area contributed by atoms with Gasteiger partial charge in [0, 0.05) is 43.7 Å². The van der Waals surface area contributed by atoms with E-state index in [4.69, 9.17) is 9.15 Å². The zero-order valence-corrected chi connectivity index (χ0v) is 23.7. The molecule has 8 nitrogen and oxygen atoms in total. The highest BCUT2D eigenvalue weighted by molar-refractivity contribution is 5.96. The van der Waals surface area contributed by atoms with Crippen LogP contribution in [0.15, 0.2) is 88.5 Å². The van der Waals surface area contributed by atoms with E-state index in [1.807, 2.05) is 36.4 Å². The fourth-order valence-electron chi connectivity index (χ4n) is 5.72. The SMILES string of the molecule is CCOC(=O)C1=C(C)N(Cc2ccc(C(=O)NC3CCN(Cc4ccccc4)CC3)o2)C(=O)CC1c1ccccc1. The van der Waals surface area contributed by atoms with Crippen molar-refractivity contribution in [2.45, 2.75) is 58.2 Å². The molecule has 41 heavy (non-hydrogen) atoms. The molecule has 0 spiro atoms. The van der Waals surface area contributed by atoms with Gasteiger partial charge in [0.05, 0.1) is 18.7 Å². The molecule has 2 aliphatic rings. The number of furan rings is 1. The highest BCUT2D eigenvalue weighted by Gasteiger charge is 2.37. The summed E-state index contributed by atoms with van der Waals surface area (Å²) in [6.45, 7) is 6.64. The summed E-state index contributed by atoms with van der Waals surface area (Å²) in [7, 11) is 0. The van der Waals surface area contributed by atoms with Gasteiger partial charge in [-0.1, -0.05) is 60.7 Å². The zero-order chi connectivity index (χ0) is 28.8. The van der Waals surface area contributed by atoms with Gasteiger partial charge in [-0.05, 0) is 49.9 Å². The van der Waals surface area contributed by atoms with Gasteiger partial charge in [-0.25, -0.2) is 4.79 Å². The van der Waals surface area contributed by atoms with Crippen molar-refractivity contribution in [1.29, 1.82) is 0 Å². The van der Waals surface area contributed by atoms with Gasteiger partial charge in [-0.15, -0.1) is 0 Å². The monoisotopic (exact) mass is 555 g/mol. The molecule has 3 heterocycles. The number of carbonyl (C=O) groups excluding carboxylic acids is 3. The predicted octanol–water partition coefficient (Wildman–Crippen LogP) is 5.03. The first-order valence-corrected chi connectivity index (χ1v) is 14.3. The van der Waals surface area contributed by atoms with E-state index in [0.717, 1.165) is 38.0 Å². The molecule has 3 aromatic rings. The Kier molecular flexibility index (Phi) is 8.99. The van der Waals surface area contributed by atoms with E-state index in [9.17, 15) is 14.4 Å². The molecule has 1 unspecified atom stereocenters. The molecule has 8 heteroatoms. The number of nitrogens with one attached hydrogen (secondary N) is 1. The number of hydrogen-bond donors (Lipinski definition) is 1. The molecule has 0 aliphatic carbocycles. The van der Waals surface area contributed by atoms with Gasteiger partial charge in [-0.2, -0.15) is 0 Å². The third-order valence-corrected chi connectivity index (χ3v) is 7.89. The number of piperidine rings is 1. The van der Waals surface area contributed by atoms with Crippen LogP contribution in [0.4, 0.5) is 0 Å². The van der Waals surface area contributed by atoms with Crippen molar-refractivity contribution in [3.8, 4) is 0 Å². The molecule has 5 rings (SSSR count). The second-order valence-corrected chi connectivity index (χ2v) is 10.6. The Bertz CT molecular complexity index is 1390. The zero-order valence-electron chi connectivity index (χ0n) is 23.7. The number of nitrogens with zero attached hydrogens (tertiary/aromatic N) is 2. The molecule has 1 saturated heterocycles. The lowest BCUT2D eigenvalue weighted by Gasteiger charge is -2.34. The number of amides is 2. The normalized spacial score (nSPS) is 18.4. The van der Waals surface area contributed by atoms with Crippen molar-refractivity contribution in [3.63, 3.8) is 0 Å². The van der Waals surface area contributed by atoms with Crippen LogP contribution in [-0.4, -0.2) is 53.3 Å². The van der Waals surface area contributed by atoms with Crippen LogP contribution in [0, 0.1) is 0 Å². The highest BCUT2D eigenvalue weighted by atomic mass is 16.5. The van der Waals surface area contributed by atoms with Crippen molar-refractivity contribution in [2.75, 3.05) is 19.7 Å². The number of rotatable bonds is 9. The van der Waals surface area contributed by atoms with Crippen molar-refractivity contribution < 1.29 is 23.5 Å². The first kappa shape index (κ1) is 28.4. The van der Waals surface area contributed by atoms with Crippen LogP contribution < -0.4 is 5.32 Å². The molecule has 214 valence electrons. The molecule has 2 amide bonds. The van der Waals surface area contributed by atoms with E-state index in [1.165, 1.54) is 5.56 Å². The third-order valence-electron chi connectivity index (χ3n) is 7.89. The summed E-state index contributed by atoms with van der Waals surface area (Å²) in [5.74, 6) is -0.491. The van der Waals surface area contributed by atoms with Crippen LogP contribution in [0.3, 0.4) is 0 Å². The Hall–Kier alpha value is -4.17. The molecular weight excluding hydrogens is 518 g/mol. The predicted molar refractivity (Wildman–Crippen MR) is 155 cm³/mol. The van der Waals surface area contributed by atoms with Gasteiger partial charge >= 0.3 is 5.97 Å². The smallest absolute Gasteiger partial charge is 0.336 e. The van der Waals surface area contributed by atoms with Gasteiger partial charge < -0.3 is 19.4 Å². The second kappa shape index (κ2) is 13.0. The summed E-state index contributed by atoms with van der Waals surface area (Å²) in [4.78, 5) is 43.2. The summed E-state index contributed by atoms with van der Waals surface area (Å²) in [6.07, 6.45) is 1.89. The number of benzene rings is 2. The highest BCUT2D eigenvalue weighted by Crippen LogP contribution is 2.37. The number of esters is 1. The van der Waals surface area contributed by atoms with E-state index in [2.05, 4.69) is 34.5 Å². The number of allylic oxidation sites excluding steroid dienone is 1. The molecule has 1 N–H and O–H groups in total. The number of ether oxygens (including phenoxy) is 1.